The SMILES string of the molecule is CC(=O)c1c(C)[nH]c2c1[nH]c1ccccc12. The number of rotatable bonds is 1. The summed E-state index contributed by atoms with van der Waals surface area (Å²) in [7, 11) is 0. The summed E-state index contributed by atoms with van der Waals surface area (Å²) in [6.45, 7) is 3.53. The number of hydrogen-bond donors (Lipinski definition) is 2. The van der Waals surface area contributed by atoms with Gasteiger partial charge in [0, 0.05) is 16.6 Å². The van der Waals surface area contributed by atoms with Gasteiger partial charge in [0.2, 0.25) is 0 Å². The number of carbonyl (C=O) groups excluding carboxylic acids is 1. The Labute approximate surface area is 92.5 Å². The first-order valence-electron chi connectivity index (χ1n) is 5.28. The molecule has 2 N–H and O–H groups in total. The largest absolute Gasteiger partial charge is 0.356 e. The molecular weight excluding hydrogens is 200 g/mol. The van der Waals surface area contributed by atoms with Crippen molar-refractivity contribution in [2.45, 2.75) is 13.8 Å². The van der Waals surface area contributed by atoms with Crippen LogP contribution < -0.4 is 0 Å². The van der Waals surface area contributed by atoms with Crippen molar-refractivity contribution in [1.29, 1.82) is 0 Å². The van der Waals surface area contributed by atoms with Gasteiger partial charge < -0.3 is 9.97 Å². The van der Waals surface area contributed by atoms with Gasteiger partial charge >= 0.3 is 0 Å². The molecule has 2 aromatic heterocycles. The summed E-state index contributed by atoms with van der Waals surface area (Å²) in [4.78, 5) is 18.2. The molecule has 3 aromatic rings. The lowest BCUT2D eigenvalue weighted by atomic mass is 10.1. The molecule has 0 fully saturated rings. The molecule has 3 rings (SSSR count). The van der Waals surface area contributed by atoms with E-state index in [1.54, 1.807) is 6.92 Å². The normalized spacial score (nSPS) is 11.4. The smallest absolute Gasteiger partial charge is 0.163 e. The third kappa shape index (κ3) is 1.05. The minimum absolute atomic E-state index is 0.0929. The van der Waals surface area contributed by atoms with Gasteiger partial charge in [-0.15, -0.1) is 0 Å². The Morgan fingerprint density at radius 3 is 2.62 bits per heavy atom. The van der Waals surface area contributed by atoms with Crippen molar-refractivity contribution in [3.8, 4) is 0 Å². The monoisotopic (exact) mass is 212 g/mol. The fourth-order valence-electron chi connectivity index (χ4n) is 2.34. The number of H-pyrrole nitrogens is 2. The Kier molecular flexibility index (Phi) is 1.72. The lowest BCUT2D eigenvalue weighted by molar-refractivity contribution is 0.101. The minimum atomic E-state index is 0.0929. The molecule has 0 aliphatic heterocycles. The van der Waals surface area contributed by atoms with Gasteiger partial charge in [0.15, 0.2) is 5.78 Å². The van der Waals surface area contributed by atoms with Gasteiger partial charge in [0.25, 0.3) is 0 Å². The van der Waals surface area contributed by atoms with Crippen molar-refractivity contribution in [3.63, 3.8) is 0 Å². The zero-order chi connectivity index (χ0) is 11.3. The molecule has 0 amide bonds. The van der Waals surface area contributed by atoms with Crippen molar-refractivity contribution >= 4 is 27.7 Å². The molecule has 80 valence electrons. The summed E-state index contributed by atoms with van der Waals surface area (Å²) in [6.07, 6.45) is 0. The maximum Gasteiger partial charge on any atom is 0.163 e. The molecule has 0 unspecified atom stereocenters. The number of para-hydroxylation sites is 1. The predicted molar refractivity (Wildman–Crippen MR) is 64.9 cm³/mol. The van der Waals surface area contributed by atoms with Gasteiger partial charge in [-0.2, -0.15) is 0 Å². The molecule has 0 saturated carbocycles. The van der Waals surface area contributed by atoms with Crippen LogP contribution in [0.4, 0.5) is 0 Å². The number of ketones is 1. The lowest BCUT2D eigenvalue weighted by Gasteiger charge is -1.93. The summed E-state index contributed by atoms with van der Waals surface area (Å²) in [5.74, 6) is 0.0929. The van der Waals surface area contributed by atoms with Gasteiger partial charge in [0.05, 0.1) is 16.6 Å². The summed E-state index contributed by atoms with van der Waals surface area (Å²) in [5, 5.41) is 1.13. The van der Waals surface area contributed by atoms with Crippen LogP contribution in [0, 0.1) is 6.92 Å². The molecule has 0 saturated heterocycles. The quantitative estimate of drug-likeness (QED) is 0.598. The van der Waals surface area contributed by atoms with E-state index in [4.69, 9.17) is 0 Å². The molecule has 3 nitrogen and oxygen atoms in total. The van der Waals surface area contributed by atoms with Crippen molar-refractivity contribution in [2.75, 3.05) is 0 Å². The number of fused-ring (bicyclic) bond motifs is 3. The molecule has 16 heavy (non-hydrogen) atoms. The highest BCUT2D eigenvalue weighted by molar-refractivity contribution is 6.14. The Hall–Kier alpha value is -2.03. The Morgan fingerprint density at radius 2 is 1.88 bits per heavy atom. The fraction of sp³-hybridized carbons (Fsp3) is 0.154. The molecular formula is C13H12N2O. The summed E-state index contributed by atoms with van der Waals surface area (Å²) < 4.78 is 0. The molecule has 0 aliphatic rings. The number of aromatic amines is 2. The lowest BCUT2D eigenvalue weighted by Crippen LogP contribution is -1.93. The van der Waals surface area contributed by atoms with Crippen LogP contribution in [0.1, 0.15) is 23.0 Å². The average molecular weight is 212 g/mol. The molecule has 1 aromatic carbocycles. The van der Waals surface area contributed by atoms with E-state index >= 15 is 0 Å². The van der Waals surface area contributed by atoms with E-state index in [-0.39, 0.29) is 5.78 Å². The van der Waals surface area contributed by atoms with E-state index in [1.807, 2.05) is 31.2 Å². The first kappa shape index (κ1) is 9.21. The second-order valence-corrected chi connectivity index (χ2v) is 4.10. The second-order valence-electron chi connectivity index (χ2n) is 4.10. The van der Waals surface area contributed by atoms with Crippen LogP contribution in [0.2, 0.25) is 0 Å². The second kappa shape index (κ2) is 2.98. The number of nitrogens with one attached hydrogen (secondary N) is 2. The van der Waals surface area contributed by atoms with Crippen LogP contribution in [0.5, 0.6) is 0 Å². The Bertz CT molecular complexity index is 703. The highest BCUT2D eigenvalue weighted by Gasteiger charge is 2.15. The average Bonchev–Trinajstić information content (AvgIpc) is 2.71. The molecule has 2 heterocycles. The number of aromatic nitrogens is 2. The first-order valence-corrected chi connectivity index (χ1v) is 5.28. The topological polar surface area (TPSA) is 48.6 Å². The van der Waals surface area contributed by atoms with Gasteiger partial charge in [0.1, 0.15) is 0 Å². The number of carbonyl (C=O) groups is 1. The van der Waals surface area contributed by atoms with Crippen LogP contribution in [0.15, 0.2) is 24.3 Å². The van der Waals surface area contributed by atoms with Crippen LogP contribution in [0.3, 0.4) is 0 Å². The number of benzene rings is 1. The van der Waals surface area contributed by atoms with Crippen molar-refractivity contribution in [1.82, 2.24) is 9.97 Å². The van der Waals surface area contributed by atoms with Gasteiger partial charge in [-0.3, -0.25) is 4.79 Å². The molecule has 0 atom stereocenters. The zero-order valence-electron chi connectivity index (χ0n) is 9.22. The minimum Gasteiger partial charge on any atom is -0.356 e. The van der Waals surface area contributed by atoms with Crippen LogP contribution in [-0.4, -0.2) is 15.8 Å². The van der Waals surface area contributed by atoms with Crippen molar-refractivity contribution in [2.24, 2.45) is 0 Å². The van der Waals surface area contributed by atoms with E-state index in [9.17, 15) is 4.79 Å². The van der Waals surface area contributed by atoms with Gasteiger partial charge in [-0.25, -0.2) is 0 Å². The highest BCUT2D eigenvalue weighted by Crippen LogP contribution is 2.29. The number of aryl methyl sites for hydroxylation is 1. The first-order chi connectivity index (χ1) is 7.68. The predicted octanol–water partition coefficient (Wildman–Crippen LogP) is 3.16. The third-order valence-corrected chi connectivity index (χ3v) is 3.00. The molecule has 3 heteroatoms. The van der Waals surface area contributed by atoms with E-state index in [2.05, 4.69) is 9.97 Å². The number of Topliss-reactive ketones (excluding diaryl/α,β-unsaturated/α-hetero) is 1. The van der Waals surface area contributed by atoms with Crippen molar-refractivity contribution in [3.05, 3.63) is 35.5 Å². The third-order valence-electron chi connectivity index (χ3n) is 3.00. The number of hydrogen-bond acceptors (Lipinski definition) is 1. The van der Waals surface area contributed by atoms with Crippen LogP contribution in [-0.2, 0) is 0 Å². The van der Waals surface area contributed by atoms with Crippen LogP contribution >= 0.6 is 0 Å². The Morgan fingerprint density at radius 1 is 1.12 bits per heavy atom. The van der Waals surface area contributed by atoms with Gasteiger partial charge in [-0.05, 0) is 19.9 Å². The maximum atomic E-state index is 11.6. The van der Waals surface area contributed by atoms with E-state index < -0.39 is 0 Å². The van der Waals surface area contributed by atoms with Crippen molar-refractivity contribution < 1.29 is 4.79 Å². The molecule has 0 bridgehead atoms. The molecule has 0 aliphatic carbocycles. The molecule has 0 radical (unpaired) electrons. The standard InChI is InChI=1S/C13H12N2O/c1-7-11(8(2)16)13-12(14-7)9-5-3-4-6-10(9)15-13/h3-6,14-15H,1-2H3. The zero-order valence-corrected chi connectivity index (χ0v) is 9.22. The van der Waals surface area contributed by atoms with Crippen LogP contribution in [0.25, 0.3) is 21.9 Å². The fourth-order valence-corrected chi connectivity index (χ4v) is 2.34. The Balaban J connectivity index is 2.53. The highest BCUT2D eigenvalue weighted by atomic mass is 16.1. The molecule has 0 spiro atoms. The summed E-state index contributed by atoms with van der Waals surface area (Å²) in [6, 6.07) is 8.05. The summed E-state index contributed by atoms with van der Waals surface area (Å²) in [5.41, 5.74) is 4.71. The van der Waals surface area contributed by atoms with E-state index in [0.29, 0.717) is 0 Å². The van der Waals surface area contributed by atoms with Gasteiger partial charge in [-0.1, -0.05) is 18.2 Å². The maximum absolute atomic E-state index is 11.6. The van der Waals surface area contributed by atoms with E-state index in [0.717, 1.165) is 33.2 Å². The van der Waals surface area contributed by atoms with E-state index in [1.165, 1.54) is 0 Å². The summed E-state index contributed by atoms with van der Waals surface area (Å²) >= 11 is 0.